The molecule has 0 fully saturated rings. The van der Waals surface area contributed by atoms with E-state index in [2.05, 4.69) is 10.3 Å². The molecule has 2 heterocycles. The number of ether oxygens (including phenoxy) is 2. The zero-order valence-electron chi connectivity index (χ0n) is 13.9. The van der Waals surface area contributed by atoms with Crippen LogP contribution in [0.25, 0.3) is 0 Å². The Balaban J connectivity index is 1.53. The molecule has 2 amide bonds. The van der Waals surface area contributed by atoms with Gasteiger partial charge in [0, 0.05) is 31.8 Å². The zero-order valence-corrected chi connectivity index (χ0v) is 13.9. The van der Waals surface area contributed by atoms with Crippen LogP contribution in [0, 0.1) is 0 Å². The predicted octanol–water partition coefficient (Wildman–Crippen LogP) is 1.59. The summed E-state index contributed by atoms with van der Waals surface area (Å²) in [6.07, 6.45) is 1.69. The van der Waals surface area contributed by atoms with Crippen LogP contribution in [0.2, 0.25) is 0 Å². The molecule has 0 spiro atoms. The molecule has 1 aromatic carbocycles. The van der Waals surface area contributed by atoms with E-state index in [9.17, 15) is 9.59 Å². The zero-order chi connectivity index (χ0) is 17.6. The van der Waals surface area contributed by atoms with Crippen LogP contribution in [0.15, 0.2) is 42.6 Å². The van der Waals surface area contributed by atoms with Gasteiger partial charge in [0.2, 0.25) is 12.7 Å². The summed E-state index contributed by atoms with van der Waals surface area (Å²) in [5.74, 6) is 0.908. The molecule has 0 aliphatic carbocycles. The van der Waals surface area contributed by atoms with Gasteiger partial charge in [0.25, 0.3) is 5.91 Å². The second-order valence-electron chi connectivity index (χ2n) is 5.59. The number of benzene rings is 1. The van der Waals surface area contributed by atoms with Crippen molar-refractivity contribution in [2.75, 3.05) is 19.9 Å². The maximum Gasteiger partial charge on any atom is 0.251 e. The Morgan fingerprint density at radius 2 is 2.04 bits per heavy atom. The smallest absolute Gasteiger partial charge is 0.251 e. The van der Waals surface area contributed by atoms with Gasteiger partial charge in [-0.3, -0.25) is 14.6 Å². The lowest BCUT2D eigenvalue weighted by atomic mass is 10.2. The van der Waals surface area contributed by atoms with Crippen molar-refractivity contribution in [3.05, 3.63) is 53.9 Å². The second-order valence-corrected chi connectivity index (χ2v) is 5.59. The highest BCUT2D eigenvalue weighted by molar-refractivity contribution is 5.94. The van der Waals surface area contributed by atoms with Gasteiger partial charge >= 0.3 is 0 Å². The highest BCUT2D eigenvalue weighted by atomic mass is 16.7. The molecule has 0 radical (unpaired) electrons. The number of fused-ring (bicyclic) bond motifs is 1. The van der Waals surface area contributed by atoms with E-state index in [1.165, 1.54) is 6.92 Å². The Labute approximate surface area is 145 Å². The number of pyridine rings is 1. The highest BCUT2D eigenvalue weighted by Gasteiger charge is 2.16. The van der Waals surface area contributed by atoms with Crippen LogP contribution in [-0.4, -0.2) is 41.6 Å². The molecule has 0 saturated heterocycles. The maximum absolute atomic E-state index is 12.2. The van der Waals surface area contributed by atoms with Gasteiger partial charge in [0.1, 0.15) is 0 Å². The van der Waals surface area contributed by atoms with E-state index in [1.54, 1.807) is 29.3 Å². The molecule has 3 rings (SSSR count). The van der Waals surface area contributed by atoms with Crippen LogP contribution in [0.3, 0.4) is 0 Å². The minimum atomic E-state index is -0.223. The SMILES string of the molecule is CC(=O)N(CCNC(=O)c1ccc2c(c1)OCO2)Cc1ccccn1. The lowest BCUT2D eigenvalue weighted by molar-refractivity contribution is -0.129. The van der Waals surface area contributed by atoms with Crippen molar-refractivity contribution in [3.63, 3.8) is 0 Å². The Hall–Kier alpha value is -3.09. The second kappa shape index (κ2) is 7.65. The highest BCUT2D eigenvalue weighted by Crippen LogP contribution is 2.32. The van der Waals surface area contributed by atoms with Crippen LogP contribution in [0.4, 0.5) is 0 Å². The van der Waals surface area contributed by atoms with Gasteiger partial charge < -0.3 is 19.7 Å². The van der Waals surface area contributed by atoms with Crippen molar-refractivity contribution < 1.29 is 19.1 Å². The van der Waals surface area contributed by atoms with E-state index in [4.69, 9.17) is 9.47 Å². The molecule has 7 nitrogen and oxygen atoms in total. The summed E-state index contributed by atoms with van der Waals surface area (Å²) in [6, 6.07) is 10.6. The maximum atomic E-state index is 12.2. The van der Waals surface area contributed by atoms with Gasteiger partial charge in [-0.1, -0.05) is 6.07 Å². The molecule has 1 aliphatic rings. The molecule has 1 aliphatic heterocycles. The number of hydrogen-bond acceptors (Lipinski definition) is 5. The molecule has 1 N–H and O–H groups in total. The van der Waals surface area contributed by atoms with Crippen molar-refractivity contribution >= 4 is 11.8 Å². The van der Waals surface area contributed by atoms with Gasteiger partial charge in [-0.05, 0) is 30.3 Å². The van der Waals surface area contributed by atoms with E-state index in [1.807, 2.05) is 18.2 Å². The van der Waals surface area contributed by atoms with Crippen molar-refractivity contribution in [3.8, 4) is 11.5 Å². The third-order valence-electron chi connectivity index (χ3n) is 3.83. The van der Waals surface area contributed by atoms with E-state index >= 15 is 0 Å². The van der Waals surface area contributed by atoms with E-state index in [0.717, 1.165) is 5.69 Å². The van der Waals surface area contributed by atoms with Crippen molar-refractivity contribution in [1.82, 2.24) is 15.2 Å². The molecule has 130 valence electrons. The summed E-state index contributed by atoms with van der Waals surface area (Å²) in [7, 11) is 0. The number of aromatic nitrogens is 1. The quantitative estimate of drug-likeness (QED) is 0.863. The standard InChI is InChI=1S/C18H19N3O4/c1-13(22)21(11-15-4-2-3-7-19-15)9-8-20-18(23)14-5-6-16-17(10-14)25-12-24-16/h2-7,10H,8-9,11-12H2,1H3,(H,20,23). The van der Waals surface area contributed by atoms with E-state index in [0.29, 0.717) is 36.7 Å². The molecule has 25 heavy (non-hydrogen) atoms. The molecule has 0 bridgehead atoms. The fraction of sp³-hybridized carbons (Fsp3) is 0.278. The molecular formula is C18H19N3O4. The first kappa shape index (κ1) is 16.8. The van der Waals surface area contributed by atoms with E-state index in [-0.39, 0.29) is 18.6 Å². The lowest BCUT2D eigenvalue weighted by Crippen LogP contribution is -2.37. The number of hydrogen-bond donors (Lipinski definition) is 1. The number of rotatable bonds is 6. The van der Waals surface area contributed by atoms with Crippen molar-refractivity contribution in [2.45, 2.75) is 13.5 Å². The summed E-state index contributed by atoms with van der Waals surface area (Å²) in [5.41, 5.74) is 1.29. The summed E-state index contributed by atoms with van der Waals surface area (Å²) >= 11 is 0. The topological polar surface area (TPSA) is 80.8 Å². The van der Waals surface area contributed by atoms with E-state index < -0.39 is 0 Å². The molecule has 0 saturated carbocycles. The molecular weight excluding hydrogens is 322 g/mol. The number of amides is 2. The number of carbonyl (C=O) groups excluding carboxylic acids is 2. The Bertz CT molecular complexity index is 764. The van der Waals surface area contributed by atoms with Crippen LogP contribution >= 0.6 is 0 Å². The fourth-order valence-electron chi connectivity index (χ4n) is 2.48. The Morgan fingerprint density at radius 1 is 1.20 bits per heavy atom. The largest absolute Gasteiger partial charge is 0.454 e. The third kappa shape index (κ3) is 4.26. The van der Waals surface area contributed by atoms with Crippen LogP contribution in [-0.2, 0) is 11.3 Å². The molecule has 2 aromatic rings. The third-order valence-corrected chi connectivity index (χ3v) is 3.83. The summed E-state index contributed by atoms with van der Waals surface area (Å²) in [5, 5.41) is 2.81. The summed E-state index contributed by atoms with van der Waals surface area (Å²) in [4.78, 5) is 29.9. The number of nitrogens with one attached hydrogen (secondary N) is 1. The first-order chi connectivity index (χ1) is 12.1. The minimum absolute atomic E-state index is 0.0667. The average Bonchev–Trinajstić information content (AvgIpc) is 3.09. The van der Waals surface area contributed by atoms with Crippen LogP contribution in [0.5, 0.6) is 11.5 Å². The number of nitrogens with zero attached hydrogens (tertiary/aromatic N) is 2. The molecule has 0 unspecified atom stereocenters. The lowest BCUT2D eigenvalue weighted by Gasteiger charge is -2.20. The van der Waals surface area contributed by atoms with Gasteiger partial charge in [-0.2, -0.15) is 0 Å². The van der Waals surface area contributed by atoms with Gasteiger partial charge in [-0.25, -0.2) is 0 Å². The van der Waals surface area contributed by atoms with Crippen LogP contribution in [0.1, 0.15) is 23.0 Å². The summed E-state index contributed by atoms with van der Waals surface area (Å²) in [6.45, 7) is 2.84. The minimum Gasteiger partial charge on any atom is -0.454 e. The fourth-order valence-corrected chi connectivity index (χ4v) is 2.48. The van der Waals surface area contributed by atoms with Gasteiger partial charge in [0.15, 0.2) is 11.5 Å². The van der Waals surface area contributed by atoms with Crippen LogP contribution < -0.4 is 14.8 Å². The normalized spacial score (nSPS) is 11.9. The molecule has 1 aromatic heterocycles. The summed E-state index contributed by atoms with van der Waals surface area (Å²) < 4.78 is 10.5. The first-order valence-electron chi connectivity index (χ1n) is 7.97. The number of carbonyl (C=O) groups is 2. The first-order valence-corrected chi connectivity index (χ1v) is 7.97. The van der Waals surface area contributed by atoms with Crippen molar-refractivity contribution in [1.29, 1.82) is 0 Å². The predicted molar refractivity (Wildman–Crippen MR) is 90.2 cm³/mol. The van der Waals surface area contributed by atoms with Gasteiger partial charge in [0.05, 0.1) is 12.2 Å². The van der Waals surface area contributed by atoms with Gasteiger partial charge in [-0.15, -0.1) is 0 Å². The Morgan fingerprint density at radius 3 is 2.80 bits per heavy atom. The average molecular weight is 341 g/mol. The molecule has 7 heteroatoms. The Kier molecular flexibility index (Phi) is 5.13. The van der Waals surface area contributed by atoms with Crippen molar-refractivity contribution in [2.24, 2.45) is 0 Å². The molecule has 0 atom stereocenters. The monoisotopic (exact) mass is 341 g/mol.